The molecule has 0 spiro atoms. The number of nitrogens with one attached hydrogen (secondary N) is 1. The number of carboxylic acid groups (broad SMARTS) is 1. The minimum Gasteiger partial charge on any atom is -0.483 e. The molecule has 1 unspecified atom stereocenters. The van der Waals surface area contributed by atoms with Crippen molar-refractivity contribution in [2.75, 3.05) is 26.3 Å². The predicted molar refractivity (Wildman–Crippen MR) is 104 cm³/mol. The van der Waals surface area contributed by atoms with Crippen LogP contribution in [0, 0.1) is 5.82 Å². The Hall–Kier alpha value is -2.36. The first-order valence-corrected chi connectivity index (χ1v) is 9.79. The lowest BCUT2D eigenvalue weighted by molar-refractivity contribution is -0.123. The van der Waals surface area contributed by atoms with Crippen LogP contribution in [0.4, 0.5) is 4.39 Å². The van der Waals surface area contributed by atoms with Crippen LogP contribution in [-0.2, 0) is 27.3 Å². The minimum absolute atomic E-state index is 0.0891. The first-order chi connectivity index (χ1) is 13.6. The highest BCUT2D eigenvalue weighted by atomic mass is 32.1. The second-order valence-corrected chi connectivity index (χ2v) is 7.15. The fourth-order valence-corrected chi connectivity index (χ4v) is 3.58. The molecule has 2 aromatic rings. The van der Waals surface area contributed by atoms with Crippen LogP contribution in [0.2, 0.25) is 0 Å². The third kappa shape index (κ3) is 7.71. The minimum atomic E-state index is -0.317. The quantitative estimate of drug-likeness (QED) is 0.679. The normalized spacial score (nSPS) is 16.7. The standard InChI is InChI=1S/C18H22FN3O2S.CH2O2/c19-15-3-1-2-14(10-15)11-17(23)20-5-4-16-13-24-8-7-22(16)12-18-21-6-9-25-18;2-1-3/h1-3,6,9-10,16H,4-5,7-8,11-13H2,(H,20,23);1H,(H,2,3). The second-order valence-electron chi connectivity index (χ2n) is 6.18. The van der Waals surface area contributed by atoms with Gasteiger partial charge in [0, 0.05) is 30.7 Å². The van der Waals surface area contributed by atoms with E-state index < -0.39 is 0 Å². The number of aromatic nitrogens is 1. The van der Waals surface area contributed by atoms with E-state index in [-0.39, 0.29) is 30.7 Å². The van der Waals surface area contributed by atoms with Crippen LogP contribution in [0.15, 0.2) is 35.8 Å². The number of rotatable bonds is 7. The Morgan fingerprint density at radius 2 is 2.32 bits per heavy atom. The van der Waals surface area contributed by atoms with E-state index in [9.17, 15) is 9.18 Å². The van der Waals surface area contributed by atoms with Gasteiger partial charge in [0.2, 0.25) is 5.91 Å². The molecular weight excluding hydrogens is 385 g/mol. The number of hydrogen-bond donors (Lipinski definition) is 2. The summed E-state index contributed by atoms with van der Waals surface area (Å²) in [4.78, 5) is 27.1. The first-order valence-electron chi connectivity index (χ1n) is 8.91. The Kier molecular flexibility index (Phi) is 9.53. The Bertz CT molecular complexity index is 730. The van der Waals surface area contributed by atoms with Crippen molar-refractivity contribution in [3.8, 4) is 0 Å². The maximum Gasteiger partial charge on any atom is 0.290 e. The van der Waals surface area contributed by atoms with Crippen LogP contribution in [0.3, 0.4) is 0 Å². The lowest BCUT2D eigenvalue weighted by Crippen LogP contribution is -2.46. The third-order valence-corrected chi connectivity index (χ3v) is 4.99. The highest BCUT2D eigenvalue weighted by Crippen LogP contribution is 2.16. The molecule has 1 aliphatic rings. The Morgan fingerprint density at radius 1 is 1.50 bits per heavy atom. The van der Waals surface area contributed by atoms with Crippen molar-refractivity contribution in [1.82, 2.24) is 15.2 Å². The van der Waals surface area contributed by atoms with Gasteiger partial charge in [0.05, 0.1) is 26.2 Å². The number of amides is 1. The predicted octanol–water partition coefficient (Wildman–Crippen LogP) is 1.93. The molecule has 2 heterocycles. The van der Waals surface area contributed by atoms with E-state index in [1.54, 1.807) is 23.5 Å². The van der Waals surface area contributed by atoms with E-state index in [4.69, 9.17) is 14.6 Å². The van der Waals surface area contributed by atoms with Gasteiger partial charge in [-0.2, -0.15) is 0 Å². The fourth-order valence-electron chi connectivity index (χ4n) is 2.94. The van der Waals surface area contributed by atoms with Crippen molar-refractivity contribution in [3.63, 3.8) is 0 Å². The van der Waals surface area contributed by atoms with Gasteiger partial charge >= 0.3 is 0 Å². The topological polar surface area (TPSA) is 91.8 Å². The molecule has 0 bridgehead atoms. The van der Waals surface area contributed by atoms with Gasteiger partial charge in [-0.05, 0) is 24.1 Å². The van der Waals surface area contributed by atoms with E-state index in [2.05, 4.69) is 15.2 Å². The molecule has 2 N–H and O–H groups in total. The average Bonchev–Trinajstić information content (AvgIpc) is 3.17. The molecule has 1 atom stereocenters. The molecule has 0 aliphatic carbocycles. The summed E-state index contributed by atoms with van der Waals surface area (Å²) in [5.41, 5.74) is 0.684. The summed E-state index contributed by atoms with van der Waals surface area (Å²) in [5, 5.41) is 12.9. The number of carbonyl (C=O) groups excluding carboxylic acids is 1. The van der Waals surface area contributed by atoms with Crippen LogP contribution in [0.1, 0.15) is 17.0 Å². The monoisotopic (exact) mass is 409 g/mol. The summed E-state index contributed by atoms with van der Waals surface area (Å²) in [6, 6.07) is 6.42. The molecule has 0 saturated carbocycles. The molecule has 7 nitrogen and oxygen atoms in total. The van der Waals surface area contributed by atoms with E-state index >= 15 is 0 Å². The number of thiazole rings is 1. The fraction of sp³-hybridized carbons (Fsp3) is 0.421. The molecule has 1 fully saturated rings. The Morgan fingerprint density at radius 3 is 3.04 bits per heavy atom. The van der Waals surface area contributed by atoms with E-state index in [0.29, 0.717) is 18.7 Å². The maximum atomic E-state index is 13.2. The molecule has 1 aromatic heterocycles. The van der Waals surface area contributed by atoms with Gasteiger partial charge in [0.15, 0.2) is 0 Å². The highest BCUT2D eigenvalue weighted by Gasteiger charge is 2.23. The summed E-state index contributed by atoms with van der Waals surface area (Å²) in [6.45, 7) is 3.43. The molecule has 3 rings (SSSR count). The lowest BCUT2D eigenvalue weighted by atomic mass is 10.1. The molecular formula is C19H24FN3O4S. The summed E-state index contributed by atoms with van der Waals surface area (Å²) in [5.74, 6) is -0.406. The number of carbonyl (C=O) groups is 2. The molecule has 9 heteroatoms. The molecule has 1 aliphatic heterocycles. The first kappa shape index (κ1) is 21.9. The van der Waals surface area contributed by atoms with Gasteiger partial charge < -0.3 is 15.2 Å². The molecule has 1 saturated heterocycles. The number of halogens is 1. The zero-order chi connectivity index (χ0) is 20.2. The number of nitrogens with zero attached hydrogens (tertiary/aromatic N) is 2. The van der Waals surface area contributed by atoms with Gasteiger partial charge in [-0.25, -0.2) is 9.37 Å². The van der Waals surface area contributed by atoms with E-state index in [1.165, 1.54) is 12.1 Å². The molecule has 1 amide bonds. The zero-order valence-electron chi connectivity index (χ0n) is 15.4. The van der Waals surface area contributed by atoms with E-state index in [1.807, 2.05) is 11.6 Å². The van der Waals surface area contributed by atoms with Gasteiger partial charge in [0.25, 0.3) is 6.47 Å². The van der Waals surface area contributed by atoms with Gasteiger partial charge in [-0.15, -0.1) is 11.3 Å². The molecule has 1 aromatic carbocycles. The van der Waals surface area contributed by atoms with Crippen molar-refractivity contribution >= 4 is 23.7 Å². The lowest BCUT2D eigenvalue weighted by Gasteiger charge is -2.35. The highest BCUT2D eigenvalue weighted by molar-refractivity contribution is 7.09. The molecule has 152 valence electrons. The number of ether oxygens (including phenoxy) is 1. The van der Waals surface area contributed by atoms with Crippen LogP contribution in [-0.4, -0.2) is 59.7 Å². The number of morpholine rings is 1. The summed E-state index contributed by atoms with van der Waals surface area (Å²) >= 11 is 1.66. The smallest absolute Gasteiger partial charge is 0.290 e. The SMILES string of the molecule is O=C(Cc1cccc(F)c1)NCCC1COCCN1Cc1nccs1.O=CO. The second kappa shape index (κ2) is 12.2. The van der Waals surface area contributed by atoms with Gasteiger partial charge in [0.1, 0.15) is 10.8 Å². The van der Waals surface area contributed by atoms with Crippen molar-refractivity contribution in [3.05, 3.63) is 52.2 Å². The largest absolute Gasteiger partial charge is 0.483 e. The number of benzene rings is 1. The zero-order valence-corrected chi connectivity index (χ0v) is 16.2. The molecule has 0 radical (unpaired) electrons. The van der Waals surface area contributed by atoms with Crippen LogP contribution < -0.4 is 5.32 Å². The third-order valence-electron chi connectivity index (χ3n) is 4.22. The summed E-state index contributed by atoms with van der Waals surface area (Å²) < 4.78 is 18.7. The maximum absolute atomic E-state index is 13.2. The van der Waals surface area contributed by atoms with Gasteiger partial charge in [-0.3, -0.25) is 14.5 Å². The van der Waals surface area contributed by atoms with Crippen molar-refractivity contribution in [1.29, 1.82) is 0 Å². The summed E-state index contributed by atoms with van der Waals surface area (Å²) in [6.07, 6.45) is 2.84. The van der Waals surface area contributed by atoms with Gasteiger partial charge in [-0.1, -0.05) is 12.1 Å². The van der Waals surface area contributed by atoms with Crippen molar-refractivity contribution in [2.24, 2.45) is 0 Å². The van der Waals surface area contributed by atoms with Crippen LogP contribution in [0.25, 0.3) is 0 Å². The van der Waals surface area contributed by atoms with Crippen LogP contribution >= 0.6 is 11.3 Å². The number of hydrogen-bond acceptors (Lipinski definition) is 6. The molecule has 28 heavy (non-hydrogen) atoms. The summed E-state index contributed by atoms with van der Waals surface area (Å²) in [7, 11) is 0. The Labute approximate surface area is 167 Å². The van der Waals surface area contributed by atoms with E-state index in [0.717, 1.165) is 31.1 Å². The van der Waals surface area contributed by atoms with Crippen molar-refractivity contribution < 1.29 is 23.8 Å². The van der Waals surface area contributed by atoms with Crippen molar-refractivity contribution in [2.45, 2.75) is 25.4 Å². The Balaban J connectivity index is 0.000000878. The van der Waals surface area contributed by atoms with Crippen LogP contribution in [0.5, 0.6) is 0 Å². The average molecular weight is 409 g/mol.